The van der Waals surface area contributed by atoms with Gasteiger partial charge in [-0.15, -0.1) is 0 Å². The molecule has 0 fully saturated rings. The molecule has 0 saturated heterocycles. The lowest BCUT2D eigenvalue weighted by Crippen LogP contribution is -2.19. The van der Waals surface area contributed by atoms with E-state index in [2.05, 4.69) is 99.5 Å². The number of anilines is 1. The van der Waals surface area contributed by atoms with Gasteiger partial charge in [-0.2, -0.15) is 0 Å². The molecular weight excluding hydrogens is 310 g/mol. The molecule has 24 heavy (non-hydrogen) atoms. The minimum Gasteiger partial charge on any atom is -0.346 e. The third-order valence-corrected chi connectivity index (χ3v) is 5.48. The van der Waals surface area contributed by atoms with E-state index in [9.17, 15) is 0 Å². The number of allylic oxidation sites excluding steroid dienone is 5. The Bertz CT molecular complexity index is 828. The van der Waals surface area contributed by atoms with Gasteiger partial charge in [0.1, 0.15) is 0 Å². The van der Waals surface area contributed by atoms with E-state index in [0.717, 1.165) is 0 Å². The van der Waals surface area contributed by atoms with E-state index >= 15 is 0 Å². The predicted molar refractivity (Wildman–Crippen MR) is 107 cm³/mol. The molecule has 2 aromatic rings. The first-order valence-electron chi connectivity index (χ1n) is 8.23. The van der Waals surface area contributed by atoms with Crippen molar-refractivity contribution in [1.82, 2.24) is 0 Å². The highest BCUT2D eigenvalue weighted by Crippen LogP contribution is 2.44. The first kappa shape index (κ1) is 16.7. The maximum atomic E-state index is 2.30. The van der Waals surface area contributed by atoms with Crippen LogP contribution in [-0.2, 0) is 0 Å². The van der Waals surface area contributed by atoms with Crippen molar-refractivity contribution in [3.05, 3.63) is 82.9 Å². The maximum Gasteiger partial charge on any atom is 0.0548 e. The summed E-state index contributed by atoms with van der Waals surface area (Å²) in [6, 6.07) is 17.3. The molecule has 0 aromatic heterocycles. The van der Waals surface area contributed by atoms with Crippen LogP contribution in [-0.4, -0.2) is 7.05 Å². The standard InChI is InChI=1S/C22H23NS/c1-5-9-16(2)14-21-17(3)23(4)20-13-12-19(15-22(20)24-21)18-10-7-6-8-11-18/h5-15H,1-4H3. The molecule has 122 valence electrons. The van der Waals surface area contributed by atoms with Crippen LogP contribution in [0.15, 0.2) is 87.8 Å². The summed E-state index contributed by atoms with van der Waals surface area (Å²) in [6.07, 6.45) is 6.51. The first-order valence-corrected chi connectivity index (χ1v) is 9.04. The van der Waals surface area contributed by atoms with E-state index in [1.165, 1.54) is 37.9 Å². The lowest BCUT2D eigenvalue weighted by molar-refractivity contribution is 1.05. The van der Waals surface area contributed by atoms with Gasteiger partial charge in [0.25, 0.3) is 0 Å². The molecule has 0 radical (unpaired) electrons. The van der Waals surface area contributed by atoms with Gasteiger partial charge in [-0.3, -0.25) is 0 Å². The molecule has 0 amide bonds. The van der Waals surface area contributed by atoms with Crippen LogP contribution < -0.4 is 4.90 Å². The zero-order chi connectivity index (χ0) is 17.1. The van der Waals surface area contributed by atoms with Gasteiger partial charge in [0.15, 0.2) is 0 Å². The van der Waals surface area contributed by atoms with Gasteiger partial charge in [-0.05, 0) is 50.1 Å². The average Bonchev–Trinajstić information content (AvgIpc) is 2.60. The van der Waals surface area contributed by atoms with E-state index in [4.69, 9.17) is 0 Å². The second-order valence-electron chi connectivity index (χ2n) is 6.05. The van der Waals surface area contributed by atoms with E-state index in [0.29, 0.717) is 0 Å². The lowest BCUT2D eigenvalue weighted by atomic mass is 10.1. The summed E-state index contributed by atoms with van der Waals surface area (Å²) in [5, 5.41) is 0. The van der Waals surface area contributed by atoms with Crippen molar-refractivity contribution >= 4 is 17.4 Å². The summed E-state index contributed by atoms with van der Waals surface area (Å²) in [5.74, 6) is 0. The van der Waals surface area contributed by atoms with Gasteiger partial charge in [0.2, 0.25) is 0 Å². The topological polar surface area (TPSA) is 3.24 Å². The van der Waals surface area contributed by atoms with Crippen molar-refractivity contribution in [3.63, 3.8) is 0 Å². The summed E-state index contributed by atoms with van der Waals surface area (Å²) in [5.41, 5.74) is 6.37. The van der Waals surface area contributed by atoms with Gasteiger partial charge < -0.3 is 4.90 Å². The second-order valence-corrected chi connectivity index (χ2v) is 7.13. The SMILES string of the molecule is CC=CC(C)=CC1=C(C)N(C)c2ccc(-c3ccccc3)cc2S1. The van der Waals surface area contributed by atoms with Gasteiger partial charge in [0, 0.05) is 22.5 Å². The van der Waals surface area contributed by atoms with Crippen LogP contribution >= 0.6 is 11.8 Å². The highest BCUT2D eigenvalue weighted by Gasteiger charge is 2.20. The van der Waals surface area contributed by atoms with Crippen molar-refractivity contribution in [3.8, 4) is 11.1 Å². The molecule has 0 atom stereocenters. The number of rotatable bonds is 3. The fourth-order valence-corrected chi connectivity index (χ4v) is 4.13. The smallest absolute Gasteiger partial charge is 0.0548 e. The normalized spacial score (nSPS) is 15.2. The van der Waals surface area contributed by atoms with Gasteiger partial charge >= 0.3 is 0 Å². The Morgan fingerprint density at radius 2 is 1.79 bits per heavy atom. The highest BCUT2D eigenvalue weighted by atomic mass is 32.2. The van der Waals surface area contributed by atoms with Crippen LogP contribution in [0, 0.1) is 0 Å². The molecule has 1 heterocycles. The molecule has 1 aliphatic rings. The molecule has 0 spiro atoms. The van der Waals surface area contributed by atoms with Crippen molar-refractivity contribution in [2.24, 2.45) is 0 Å². The van der Waals surface area contributed by atoms with E-state index in [-0.39, 0.29) is 0 Å². The molecule has 0 N–H and O–H groups in total. The fourth-order valence-electron chi connectivity index (χ4n) is 2.87. The Morgan fingerprint density at radius 1 is 1.04 bits per heavy atom. The van der Waals surface area contributed by atoms with E-state index in [1.54, 1.807) is 0 Å². The van der Waals surface area contributed by atoms with E-state index in [1.807, 2.05) is 11.8 Å². The highest BCUT2D eigenvalue weighted by molar-refractivity contribution is 8.03. The summed E-state index contributed by atoms with van der Waals surface area (Å²) in [4.78, 5) is 4.91. The number of benzene rings is 2. The van der Waals surface area contributed by atoms with Crippen molar-refractivity contribution in [2.75, 3.05) is 11.9 Å². The van der Waals surface area contributed by atoms with Gasteiger partial charge in [-0.25, -0.2) is 0 Å². The third-order valence-electron chi connectivity index (χ3n) is 4.30. The largest absolute Gasteiger partial charge is 0.346 e. The van der Waals surface area contributed by atoms with Gasteiger partial charge in [0.05, 0.1) is 5.69 Å². The summed E-state index contributed by atoms with van der Waals surface area (Å²) in [6.45, 7) is 6.40. The zero-order valence-electron chi connectivity index (χ0n) is 14.7. The fraction of sp³-hybridized carbons (Fsp3) is 0.182. The molecule has 0 unspecified atom stereocenters. The Morgan fingerprint density at radius 3 is 2.50 bits per heavy atom. The number of hydrogen-bond acceptors (Lipinski definition) is 2. The quantitative estimate of drug-likeness (QED) is 0.578. The Balaban J connectivity index is 2.00. The molecular formula is C22H23NS. The van der Waals surface area contributed by atoms with Crippen LogP contribution in [0.2, 0.25) is 0 Å². The molecule has 2 heteroatoms. The molecule has 0 saturated carbocycles. The lowest BCUT2D eigenvalue weighted by Gasteiger charge is -2.30. The first-order chi connectivity index (χ1) is 11.6. The Labute approximate surface area is 149 Å². The predicted octanol–water partition coefficient (Wildman–Crippen LogP) is 6.65. The monoisotopic (exact) mass is 333 g/mol. The molecule has 0 bridgehead atoms. The van der Waals surface area contributed by atoms with Crippen molar-refractivity contribution in [1.29, 1.82) is 0 Å². The minimum atomic E-state index is 1.26. The second kappa shape index (κ2) is 7.14. The molecule has 1 aliphatic heterocycles. The van der Waals surface area contributed by atoms with Crippen LogP contribution in [0.5, 0.6) is 0 Å². The Hall–Kier alpha value is -2.19. The Kier molecular flexibility index (Phi) is 4.96. The van der Waals surface area contributed by atoms with Crippen molar-refractivity contribution < 1.29 is 0 Å². The number of fused-ring (bicyclic) bond motifs is 1. The molecule has 2 aromatic carbocycles. The van der Waals surface area contributed by atoms with E-state index < -0.39 is 0 Å². The summed E-state index contributed by atoms with van der Waals surface area (Å²) in [7, 11) is 2.15. The number of nitrogens with zero attached hydrogens (tertiary/aromatic N) is 1. The average molecular weight is 334 g/mol. The van der Waals surface area contributed by atoms with Crippen LogP contribution in [0.1, 0.15) is 20.8 Å². The molecule has 3 rings (SSSR count). The zero-order valence-corrected chi connectivity index (χ0v) is 15.5. The van der Waals surface area contributed by atoms with Crippen LogP contribution in [0.4, 0.5) is 5.69 Å². The van der Waals surface area contributed by atoms with Crippen LogP contribution in [0.25, 0.3) is 11.1 Å². The summed E-state index contributed by atoms with van der Waals surface area (Å²) >= 11 is 1.86. The van der Waals surface area contributed by atoms with Crippen LogP contribution in [0.3, 0.4) is 0 Å². The summed E-state index contributed by atoms with van der Waals surface area (Å²) < 4.78 is 0. The molecule has 0 aliphatic carbocycles. The minimum absolute atomic E-state index is 1.26. The van der Waals surface area contributed by atoms with Gasteiger partial charge in [-0.1, -0.05) is 65.9 Å². The maximum absolute atomic E-state index is 2.30. The third kappa shape index (κ3) is 3.34. The number of hydrogen-bond donors (Lipinski definition) is 0. The number of thioether (sulfide) groups is 1. The molecule has 1 nitrogen and oxygen atoms in total. The van der Waals surface area contributed by atoms with Crippen molar-refractivity contribution in [2.45, 2.75) is 25.7 Å².